The van der Waals surface area contributed by atoms with E-state index in [9.17, 15) is 0 Å². The van der Waals surface area contributed by atoms with Gasteiger partial charge in [0.05, 0.1) is 17.8 Å². The van der Waals surface area contributed by atoms with Gasteiger partial charge in [0.15, 0.2) is 0 Å². The molecule has 3 nitrogen and oxygen atoms in total. The molecule has 0 aromatic carbocycles. The van der Waals surface area contributed by atoms with E-state index >= 15 is 0 Å². The van der Waals surface area contributed by atoms with Crippen LogP contribution in [-0.2, 0) is 9.47 Å². The van der Waals surface area contributed by atoms with E-state index in [2.05, 4.69) is 34.6 Å². The van der Waals surface area contributed by atoms with Gasteiger partial charge in [-0.05, 0) is 53.5 Å². The topological polar surface area (TPSA) is 44.5 Å². The van der Waals surface area contributed by atoms with Crippen molar-refractivity contribution >= 4 is 0 Å². The monoisotopic (exact) mass is 231 g/mol. The van der Waals surface area contributed by atoms with E-state index in [-0.39, 0.29) is 11.2 Å². The summed E-state index contributed by atoms with van der Waals surface area (Å²) in [6, 6.07) is 0. The number of nitrogens with two attached hydrogens (primary N) is 1. The summed E-state index contributed by atoms with van der Waals surface area (Å²) in [7, 11) is 0. The van der Waals surface area contributed by atoms with Crippen LogP contribution in [0, 0.1) is 0 Å². The van der Waals surface area contributed by atoms with Gasteiger partial charge in [-0.25, -0.2) is 0 Å². The fourth-order valence-corrected chi connectivity index (χ4v) is 1.44. The Kier molecular flexibility index (Phi) is 7.20. The van der Waals surface area contributed by atoms with E-state index < -0.39 is 0 Å². The molecule has 3 heteroatoms. The maximum atomic E-state index is 5.83. The predicted molar refractivity (Wildman–Crippen MR) is 68.6 cm³/mol. The molecule has 0 aliphatic heterocycles. The summed E-state index contributed by atoms with van der Waals surface area (Å²) >= 11 is 0. The molecule has 0 heterocycles. The molecule has 0 spiro atoms. The largest absolute Gasteiger partial charge is 0.375 e. The molecule has 0 aromatic heterocycles. The van der Waals surface area contributed by atoms with Gasteiger partial charge in [-0.1, -0.05) is 6.92 Å². The van der Waals surface area contributed by atoms with Crippen LogP contribution in [0.3, 0.4) is 0 Å². The van der Waals surface area contributed by atoms with E-state index in [0.29, 0.717) is 6.54 Å². The number of rotatable bonds is 9. The molecule has 0 unspecified atom stereocenters. The standard InChI is InChI=1S/C13H29NO2/c1-6-10-15-13(4,5)8-11-16-12(2,3)7-9-14/h6-11,14H2,1-5H3. The predicted octanol–water partition coefficient (Wildman–Crippen LogP) is 2.73. The molecule has 0 amide bonds. The average molecular weight is 231 g/mol. The Morgan fingerprint density at radius 2 is 1.38 bits per heavy atom. The molecule has 0 aromatic rings. The molecule has 0 radical (unpaired) electrons. The molecule has 2 N–H and O–H groups in total. The summed E-state index contributed by atoms with van der Waals surface area (Å²) in [5.41, 5.74) is 5.33. The SMILES string of the molecule is CCCOC(C)(C)CCOC(C)(C)CCN. The Morgan fingerprint density at radius 1 is 0.875 bits per heavy atom. The van der Waals surface area contributed by atoms with Crippen molar-refractivity contribution < 1.29 is 9.47 Å². The summed E-state index contributed by atoms with van der Waals surface area (Å²) < 4.78 is 11.6. The molecule has 0 saturated carbocycles. The summed E-state index contributed by atoms with van der Waals surface area (Å²) in [6.45, 7) is 12.7. The maximum Gasteiger partial charge on any atom is 0.0648 e. The third-order valence-corrected chi connectivity index (χ3v) is 2.64. The summed E-state index contributed by atoms with van der Waals surface area (Å²) in [5.74, 6) is 0. The zero-order valence-electron chi connectivity index (χ0n) is 11.6. The van der Waals surface area contributed by atoms with Gasteiger partial charge in [0.25, 0.3) is 0 Å². The molecule has 0 aliphatic rings. The van der Waals surface area contributed by atoms with Gasteiger partial charge in [0.2, 0.25) is 0 Å². The molecule has 98 valence electrons. The zero-order valence-corrected chi connectivity index (χ0v) is 11.6. The first-order chi connectivity index (χ1) is 7.33. The molecule has 16 heavy (non-hydrogen) atoms. The van der Waals surface area contributed by atoms with Crippen molar-refractivity contribution in [2.24, 2.45) is 5.73 Å². The fraction of sp³-hybridized carbons (Fsp3) is 1.00. The van der Waals surface area contributed by atoms with Gasteiger partial charge >= 0.3 is 0 Å². The van der Waals surface area contributed by atoms with Crippen LogP contribution in [0.1, 0.15) is 53.9 Å². The quantitative estimate of drug-likeness (QED) is 0.663. The van der Waals surface area contributed by atoms with Crippen LogP contribution in [0.25, 0.3) is 0 Å². The molecular formula is C13H29NO2. The third kappa shape index (κ3) is 8.08. The molecule has 0 bridgehead atoms. The average Bonchev–Trinajstić information content (AvgIpc) is 2.14. The Morgan fingerprint density at radius 3 is 1.88 bits per heavy atom. The van der Waals surface area contributed by atoms with Crippen molar-refractivity contribution in [2.75, 3.05) is 19.8 Å². The van der Waals surface area contributed by atoms with Gasteiger partial charge in [0.1, 0.15) is 0 Å². The van der Waals surface area contributed by atoms with Crippen LogP contribution in [0.4, 0.5) is 0 Å². The second-order valence-corrected chi connectivity index (χ2v) is 5.50. The highest BCUT2D eigenvalue weighted by Gasteiger charge is 2.21. The van der Waals surface area contributed by atoms with E-state index in [4.69, 9.17) is 15.2 Å². The van der Waals surface area contributed by atoms with Crippen LogP contribution in [0.2, 0.25) is 0 Å². The van der Waals surface area contributed by atoms with E-state index in [1.165, 1.54) is 0 Å². The Labute approximate surface area is 101 Å². The first kappa shape index (κ1) is 15.9. The highest BCUT2D eigenvalue weighted by molar-refractivity contribution is 4.72. The zero-order chi connectivity index (χ0) is 12.7. The van der Waals surface area contributed by atoms with Gasteiger partial charge < -0.3 is 15.2 Å². The summed E-state index contributed by atoms with van der Waals surface area (Å²) in [4.78, 5) is 0. The van der Waals surface area contributed by atoms with Crippen molar-refractivity contribution in [2.45, 2.75) is 65.1 Å². The lowest BCUT2D eigenvalue weighted by atomic mass is 10.0. The van der Waals surface area contributed by atoms with Crippen molar-refractivity contribution in [3.63, 3.8) is 0 Å². The van der Waals surface area contributed by atoms with Crippen LogP contribution in [-0.4, -0.2) is 31.0 Å². The molecular weight excluding hydrogens is 202 g/mol. The lowest BCUT2D eigenvalue weighted by Crippen LogP contribution is -2.32. The maximum absolute atomic E-state index is 5.83. The molecule has 0 aliphatic carbocycles. The molecule has 0 fully saturated rings. The smallest absolute Gasteiger partial charge is 0.0648 e. The summed E-state index contributed by atoms with van der Waals surface area (Å²) in [6.07, 6.45) is 2.87. The molecule has 0 rings (SSSR count). The normalized spacial score (nSPS) is 13.1. The highest BCUT2D eigenvalue weighted by Crippen LogP contribution is 2.19. The first-order valence-corrected chi connectivity index (χ1v) is 6.31. The minimum absolute atomic E-state index is 0.0885. The first-order valence-electron chi connectivity index (χ1n) is 6.31. The van der Waals surface area contributed by atoms with E-state index in [0.717, 1.165) is 32.5 Å². The van der Waals surface area contributed by atoms with Crippen LogP contribution < -0.4 is 5.73 Å². The second kappa shape index (κ2) is 7.25. The van der Waals surface area contributed by atoms with Crippen LogP contribution in [0.15, 0.2) is 0 Å². The van der Waals surface area contributed by atoms with Crippen molar-refractivity contribution in [3.8, 4) is 0 Å². The number of hydrogen-bond donors (Lipinski definition) is 1. The minimum atomic E-state index is -0.115. The highest BCUT2D eigenvalue weighted by atomic mass is 16.5. The Hall–Kier alpha value is -0.120. The van der Waals surface area contributed by atoms with Crippen LogP contribution >= 0.6 is 0 Å². The van der Waals surface area contributed by atoms with Gasteiger partial charge in [0, 0.05) is 6.61 Å². The minimum Gasteiger partial charge on any atom is -0.375 e. The lowest BCUT2D eigenvalue weighted by molar-refractivity contribution is -0.0733. The van der Waals surface area contributed by atoms with Gasteiger partial charge in [-0.15, -0.1) is 0 Å². The third-order valence-electron chi connectivity index (χ3n) is 2.64. The molecule has 0 saturated heterocycles. The number of hydrogen-bond acceptors (Lipinski definition) is 3. The van der Waals surface area contributed by atoms with Gasteiger partial charge in [-0.3, -0.25) is 0 Å². The van der Waals surface area contributed by atoms with E-state index in [1.54, 1.807) is 0 Å². The second-order valence-electron chi connectivity index (χ2n) is 5.50. The Balaban J connectivity index is 3.78. The van der Waals surface area contributed by atoms with Crippen LogP contribution in [0.5, 0.6) is 0 Å². The lowest BCUT2D eigenvalue weighted by Gasteiger charge is -2.29. The van der Waals surface area contributed by atoms with Crippen molar-refractivity contribution in [1.82, 2.24) is 0 Å². The molecule has 0 atom stereocenters. The van der Waals surface area contributed by atoms with Gasteiger partial charge in [-0.2, -0.15) is 0 Å². The number of ether oxygens (including phenoxy) is 2. The summed E-state index contributed by atoms with van der Waals surface area (Å²) in [5, 5.41) is 0. The van der Waals surface area contributed by atoms with Crippen molar-refractivity contribution in [1.29, 1.82) is 0 Å². The van der Waals surface area contributed by atoms with E-state index in [1.807, 2.05) is 0 Å². The fourth-order valence-electron chi connectivity index (χ4n) is 1.44. The Bertz CT molecular complexity index is 179. The van der Waals surface area contributed by atoms with Crippen molar-refractivity contribution in [3.05, 3.63) is 0 Å².